The summed E-state index contributed by atoms with van der Waals surface area (Å²) >= 11 is 6.75. The van der Waals surface area contributed by atoms with Gasteiger partial charge in [0.25, 0.3) is 0 Å². The maximum atomic E-state index is 13.3. The van der Waals surface area contributed by atoms with E-state index in [4.69, 9.17) is 4.42 Å². The molecule has 1 fully saturated rings. The summed E-state index contributed by atoms with van der Waals surface area (Å²) in [5.41, 5.74) is 0.735. The Hall–Kier alpha value is -1.64. The molecule has 146 valence electrons. The molecule has 2 heterocycles. The van der Waals surface area contributed by atoms with Crippen molar-refractivity contribution in [1.82, 2.24) is 4.98 Å². The summed E-state index contributed by atoms with van der Waals surface area (Å²) < 4.78 is 34.4. The fourth-order valence-corrected chi connectivity index (χ4v) is 5.06. The van der Waals surface area contributed by atoms with Gasteiger partial charge in [-0.2, -0.15) is 4.98 Å². The van der Waals surface area contributed by atoms with Crippen molar-refractivity contribution in [3.8, 4) is 11.5 Å². The van der Waals surface area contributed by atoms with E-state index in [1.165, 1.54) is 0 Å². The summed E-state index contributed by atoms with van der Waals surface area (Å²) in [5, 5.41) is -0.0189. The molecule has 0 N–H and O–H groups in total. The van der Waals surface area contributed by atoms with Crippen LogP contribution in [0.15, 0.2) is 71.8 Å². The molecule has 28 heavy (non-hydrogen) atoms. The molecule has 8 heteroatoms. The van der Waals surface area contributed by atoms with Crippen molar-refractivity contribution in [2.75, 3.05) is 18.0 Å². The van der Waals surface area contributed by atoms with Crippen LogP contribution in [0.5, 0.6) is 0 Å². The molecule has 0 unspecified atom stereocenters. The van der Waals surface area contributed by atoms with Gasteiger partial charge in [0.2, 0.25) is 26.6 Å². The Labute approximate surface area is 180 Å². The number of nitrogens with zero attached hydrogens (tertiary/aromatic N) is 2. The van der Waals surface area contributed by atoms with Crippen molar-refractivity contribution >= 4 is 47.6 Å². The van der Waals surface area contributed by atoms with E-state index in [2.05, 4.69) is 36.8 Å². The lowest BCUT2D eigenvalue weighted by molar-refractivity contribution is 0.499. The van der Waals surface area contributed by atoms with Gasteiger partial charge in [0.15, 0.2) is 0 Å². The van der Waals surface area contributed by atoms with E-state index in [0.717, 1.165) is 46.9 Å². The molecule has 1 aliphatic rings. The van der Waals surface area contributed by atoms with Crippen LogP contribution in [-0.4, -0.2) is 26.5 Å². The molecule has 0 atom stereocenters. The van der Waals surface area contributed by atoms with Crippen molar-refractivity contribution < 1.29 is 12.8 Å². The Bertz CT molecular complexity index is 1070. The number of oxazole rings is 1. The van der Waals surface area contributed by atoms with E-state index in [9.17, 15) is 8.42 Å². The van der Waals surface area contributed by atoms with Gasteiger partial charge in [-0.3, -0.25) is 0 Å². The van der Waals surface area contributed by atoms with Crippen LogP contribution < -0.4 is 4.90 Å². The third-order valence-corrected chi connectivity index (χ3v) is 7.42. The lowest BCUT2D eigenvalue weighted by atomic mass is 10.1. The van der Waals surface area contributed by atoms with Crippen LogP contribution in [-0.2, 0) is 9.84 Å². The standard InChI is InChI=1S/C20H18Br2N2O3S/c21-15-6-4-14(5-7-15)18-23-19(20(27-18)24-12-2-1-3-13-24)28(25,26)17-10-8-16(22)9-11-17/h4-11H,1-3,12-13H2. The smallest absolute Gasteiger partial charge is 0.236 e. The summed E-state index contributed by atoms with van der Waals surface area (Å²) in [6.45, 7) is 1.52. The molecule has 5 nitrogen and oxygen atoms in total. The first-order valence-corrected chi connectivity index (χ1v) is 12.0. The molecular formula is C20H18Br2N2O3S. The number of piperidine rings is 1. The number of anilines is 1. The van der Waals surface area contributed by atoms with Crippen molar-refractivity contribution in [1.29, 1.82) is 0 Å². The highest BCUT2D eigenvalue weighted by Crippen LogP contribution is 2.36. The van der Waals surface area contributed by atoms with E-state index in [1.54, 1.807) is 24.3 Å². The molecule has 0 spiro atoms. The Morgan fingerprint density at radius 3 is 2.04 bits per heavy atom. The SMILES string of the molecule is O=S(=O)(c1ccc(Br)cc1)c1nc(-c2ccc(Br)cc2)oc1N1CCCCC1. The minimum atomic E-state index is -3.81. The predicted octanol–water partition coefficient (Wildman–Crippen LogP) is 5.69. The summed E-state index contributed by atoms with van der Waals surface area (Å²) in [6, 6.07) is 14.0. The third kappa shape index (κ3) is 3.90. The largest absolute Gasteiger partial charge is 0.419 e. The highest BCUT2D eigenvalue weighted by molar-refractivity contribution is 9.10. The number of halogens is 2. The number of aromatic nitrogens is 1. The Balaban J connectivity index is 1.84. The minimum Gasteiger partial charge on any atom is -0.419 e. The van der Waals surface area contributed by atoms with Gasteiger partial charge in [0.05, 0.1) is 4.90 Å². The molecule has 0 radical (unpaired) electrons. The van der Waals surface area contributed by atoms with Gasteiger partial charge in [-0.1, -0.05) is 31.9 Å². The van der Waals surface area contributed by atoms with E-state index in [0.29, 0.717) is 11.8 Å². The number of hydrogen-bond donors (Lipinski definition) is 0. The molecule has 4 rings (SSSR count). The lowest BCUT2D eigenvalue weighted by Gasteiger charge is -2.26. The van der Waals surface area contributed by atoms with E-state index in [1.807, 2.05) is 29.2 Å². The van der Waals surface area contributed by atoms with Crippen LogP contribution in [0.25, 0.3) is 11.5 Å². The van der Waals surface area contributed by atoms with Crippen molar-refractivity contribution in [2.45, 2.75) is 29.2 Å². The zero-order chi connectivity index (χ0) is 19.7. The molecule has 0 aliphatic carbocycles. The second-order valence-corrected chi connectivity index (χ2v) is 10.3. The molecule has 0 amide bonds. The molecule has 1 aliphatic heterocycles. The zero-order valence-corrected chi connectivity index (χ0v) is 18.9. The Morgan fingerprint density at radius 2 is 1.43 bits per heavy atom. The molecule has 2 aromatic carbocycles. The van der Waals surface area contributed by atoms with Crippen molar-refractivity contribution in [3.05, 3.63) is 57.5 Å². The maximum Gasteiger partial charge on any atom is 0.236 e. The molecule has 1 aromatic heterocycles. The average Bonchev–Trinajstić information content (AvgIpc) is 3.16. The molecular weight excluding hydrogens is 508 g/mol. The van der Waals surface area contributed by atoms with Gasteiger partial charge in [-0.15, -0.1) is 0 Å². The minimum absolute atomic E-state index is 0.0189. The van der Waals surface area contributed by atoms with Crippen LogP contribution >= 0.6 is 31.9 Å². The fraction of sp³-hybridized carbons (Fsp3) is 0.250. The molecule has 0 saturated carbocycles. The normalized spacial score (nSPS) is 15.0. The summed E-state index contributed by atoms with van der Waals surface area (Å²) in [7, 11) is -3.81. The zero-order valence-electron chi connectivity index (χ0n) is 14.9. The number of sulfone groups is 1. The topological polar surface area (TPSA) is 63.4 Å². The van der Waals surface area contributed by atoms with Crippen LogP contribution in [0.3, 0.4) is 0 Å². The predicted molar refractivity (Wildman–Crippen MR) is 115 cm³/mol. The first-order chi connectivity index (χ1) is 13.4. The highest BCUT2D eigenvalue weighted by Gasteiger charge is 2.31. The van der Waals surface area contributed by atoms with E-state index in [-0.39, 0.29) is 9.92 Å². The van der Waals surface area contributed by atoms with Crippen LogP contribution in [0.2, 0.25) is 0 Å². The molecule has 0 bridgehead atoms. The Morgan fingerprint density at radius 1 is 0.857 bits per heavy atom. The van der Waals surface area contributed by atoms with Gasteiger partial charge in [0, 0.05) is 27.6 Å². The number of benzene rings is 2. The molecule has 3 aromatic rings. The molecule has 1 saturated heterocycles. The monoisotopic (exact) mass is 524 g/mol. The van der Waals surface area contributed by atoms with Gasteiger partial charge in [-0.25, -0.2) is 8.42 Å². The van der Waals surface area contributed by atoms with Gasteiger partial charge in [0.1, 0.15) is 0 Å². The summed E-state index contributed by atoms with van der Waals surface area (Å²) in [6.07, 6.45) is 3.15. The second kappa shape index (κ2) is 8.00. The first kappa shape index (κ1) is 19.7. The first-order valence-electron chi connectivity index (χ1n) is 8.97. The fourth-order valence-electron chi connectivity index (χ4n) is 3.21. The highest BCUT2D eigenvalue weighted by atomic mass is 79.9. The Kier molecular flexibility index (Phi) is 5.62. The van der Waals surface area contributed by atoms with Crippen LogP contribution in [0, 0.1) is 0 Å². The maximum absolute atomic E-state index is 13.3. The average molecular weight is 526 g/mol. The number of hydrogen-bond acceptors (Lipinski definition) is 5. The lowest BCUT2D eigenvalue weighted by Crippen LogP contribution is -2.30. The van der Waals surface area contributed by atoms with Gasteiger partial charge < -0.3 is 9.32 Å². The van der Waals surface area contributed by atoms with Crippen LogP contribution in [0.1, 0.15) is 19.3 Å². The van der Waals surface area contributed by atoms with E-state index >= 15 is 0 Å². The van der Waals surface area contributed by atoms with Gasteiger partial charge >= 0.3 is 0 Å². The number of rotatable bonds is 4. The quantitative estimate of drug-likeness (QED) is 0.437. The third-order valence-electron chi connectivity index (χ3n) is 4.69. The van der Waals surface area contributed by atoms with Crippen molar-refractivity contribution in [2.24, 2.45) is 0 Å². The summed E-state index contributed by atoms with van der Waals surface area (Å²) in [5.74, 6) is 0.643. The second-order valence-electron chi connectivity index (χ2n) is 6.64. The summed E-state index contributed by atoms with van der Waals surface area (Å²) in [4.78, 5) is 6.62. The van der Waals surface area contributed by atoms with Crippen LogP contribution in [0.4, 0.5) is 5.88 Å². The van der Waals surface area contributed by atoms with Gasteiger partial charge in [-0.05, 0) is 67.8 Å². The van der Waals surface area contributed by atoms with E-state index < -0.39 is 9.84 Å². The van der Waals surface area contributed by atoms with Crippen molar-refractivity contribution in [3.63, 3.8) is 0 Å².